The molecular formula is C18H25FN2O2. The first-order valence-electron chi connectivity index (χ1n) is 8.59. The van der Waals surface area contributed by atoms with Crippen molar-refractivity contribution in [2.24, 2.45) is 5.92 Å². The molecule has 0 aromatic heterocycles. The summed E-state index contributed by atoms with van der Waals surface area (Å²) in [5, 5.41) is 6.19. The summed E-state index contributed by atoms with van der Waals surface area (Å²) >= 11 is 0. The molecule has 2 unspecified atom stereocenters. The van der Waals surface area contributed by atoms with Crippen LogP contribution >= 0.6 is 0 Å². The minimum atomic E-state index is -0.361. The van der Waals surface area contributed by atoms with Crippen LogP contribution in [-0.2, 0) is 4.79 Å². The van der Waals surface area contributed by atoms with Crippen LogP contribution in [0.1, 0.15) is 50.6 Å². The minimum absolute atomic E-state index is 0.00771. The Balaban J connectivity index is 1.56. The van der Waals surface area contributed by atoms with Crippen LogP contribution in [0, 0.1) is 11.7 Å². The molecule has 1 saturated heterocycles. The van der Waals surface area contributed by atoms with Crippen molar-refractivity contribution in [2.45, 2.75) is 51.1 Å². The van der Waals surface area contributed by atoms with E-state index in [1.165, 1.54) is 18.9 Å². The fourth-order valence-corrected chi connectivity index (χ4v) is 2.87. The van der Waals surface area contributed by atoms with Crippen LogP contribution in [0.25, 0.3) is 0 Å². The zero-order chi connectivity index (χ0) is 16.2. The van der Waals surface area contributed by atoms with E-state index in [2.05, 4.69) is 10.6 Å². The second-order valence-corrected chi connectivity index (χ2v) is 6.68. The van der Waals surface area contributed by atoms with Crippen molar-refractivity contribution in [3.63, 3.8) is 0 Å². The lowest BCUT2D eigenvalue weighted by atomic mass is 10.0. The highest BCUT2D eigenvalue weighted by molar-refractivity contribution is 5.82. The Morgan fingerprint density at radius 2 is 2.22 bits per heavy atom. The van der Waals surface area contributed by atoms with E-state index in [4.69, 9.17) is 4.74 Å². The first kappa shape index (κ1) is 16.2. The van der Waals surface area contributed by atoms with Gasteiger partial charge in [0.1, 0.15) is 0 Å². The highest BCUT2D eigenvalue weighted by Crippen LogP contribution is 2.30. The topological polar surface area (TPSA) is 50.4 Å². The van der Waals surface area contributed by atoms with Gasteiger partial charge in [0.2, 0.25) is 5.91 Å². The van der Waals surface area contributed by atoms with Crippen molar-refractivity contribution in [2.75, 3.05) is 13.2 Å². The summed E-state index contributed by atoms with van der Waals surface area (Å²) in [4.78, 5) is 12.2. The molecule has 126 valence electrons. The van der Waals surface area contributed by atoms with E-state index in [0.717, 1.165) is 31.4 Å². The molecule has 1 saturated carbocycles. The van der Waals surface area contributed by atoms with Crippen LogP contribution in [0.15, 0.2) is 18.2 Å². The molecule has 1 aromatic rings. The Bertz CT molecular complexity index is 554. The number of halogens is 1. The fourth-order valence-electron chi connectivity index (χ4n) is 2.87. The van der Waals surface area contributed by atoms with Crippen molar-refractivity contribution in [1.82, 2.24) is 10.6 Å². The van der Waals surface area contributed by atoms with E-state index in [0.29, 0.717) is 18.3 Å². The second-order valence-electron chi connectivity index (χ2n) is 6.68. The number of rotatable bonds is 6. The highest BCUT2D eigenvalue weighted by Gasteiger charge is 2.24. The van der Waals surface area contributed by atoms with E-state index < -0.39 is 0 Å². The third kappa shape index (κ3) is 4.44. The average molecular weight is 320 g/mol. The molecule has 2 atom stereocenters. The monoisotopic (exact) mass is 320 g/mol. The Kier molecular flexibility index (Phi) is 5.16. The predicted octanol–water partition coefficient (Wildman–Crippen LogP) is 2.93. The molecule has 1 heterocycles. The Labute approximate surface area is 136 Å². The minimum Gasteiger partial charge on any atom is -0.490 e. The summed E-state index contributed by atoms with van der Waals surface area (Å²) in [6.45, 7) is 3.35. The molecule has 5 heteroatoms. The average Bonchev–Trinajstić information content (AvgIpc) is 3.38. The summed E-state index contributed by atoms with van der Waals surface area (Å²) in [5.41, 5.74) is 0.755. The molecule has 2 N–H and O–H groups in total. The molecule has 1 amide bonds. The third-order valence-electron chi connectivity index (χ3n) is 4.61. The van der Waals surface area contributed by atoms with Crippen molar-refractivity contribution in [1.29, 1.82) is 0 Å². The van der Waals surface area contributed by atoms with Gasteiger partial charge in [0.05, 0.1) is 18.7 Å². The Hall–Kier alpha value is -1.62. The van der Waals surface area contributed by atoms with Crippen LogP contribution in [0.5, 0.6) is 5.75 Å². The highest BCUT2D eigenvalue weighted by atomic mass is 19.1. The first-order valence-corrected chi connectivity index (χ1v) is 8.59. The van der Waals surface area contributed by atoms with Gasteiger partial charge in [-0.25, -0.2) is 4.39 Å². The van der Waals surface area contributed by atoms with E-state index in [9.17, 15) is 9.18 Å². The maximum Gasteiger partial charge on any atom is 0.237 e. The molecule has 2 aliphatic rings. The Morgan fingerprint density at radius 1 is 1.39 bits per heavy atom. The van der Waals surface area contributed by atoms with Gasteiger partial charge >= 0.3 is 0 Å². The number of piperidine rings is 1. The number of amides is 1. The number of carbonyl (C=O) groups excluding carboxylic acids is 1. The van der Waals surface area contributed by atoms with Crippen LogP contribution in [0.4, 0.5) is 4.39 Å². The quantitative estimate of drug-likeness (QED) is 0.847. The lowest BCUT2D eigenvalue weighted by Gasteiger charge is -2.24. The lowest BCUT2D eigenvalue weighted by Crippen LogP contribution is -2.47. The molecule has 3 rings (SSSR count). The number of hydrogen-bond acceptors (Lipinski definition) is 3. The van der Waals surface area contributed by atoms with Gasteiger partial charge < -0.3 is 15.4 Å². The molecule has 1 aliphatic carbocycles. The molecule has 1 aromatic carbocycles. The molecule has 0 radical (unpaired) electrons. The molecular weight excluding hydrogens is 295 g/mol. The number of carbonyl (C=O) groups is 1. The van der Waals surface area contributed by atoms with Crippen molar-refractivity contribution in [3.8, 4) is 5.75 Å². The van der Waals surface area contributed by atoms with Crippen molar-refractivity contribution >= 4 is 5.91 Å². The molecule has 0 bridgehead atoms. The van der Waals surface area contributed by atoms with E-state index >= 15 is 0 Å². The van der Waals surface area contributed by atoms with E-state index in [-0.39, 0.29) is 23.8 Å². The summed E-state index contributed by atoms with van der Waals surface area (Å²) in [5.74, 6) is 0.523. The molecule has 4 nitrogen and oxygen atoms in total. The van der Waals surface area contributed by atoms with Gasteiger partial charge in [-0.05, 0) is 62.8 Å². The zero-order valence-corrected chi connectivity index (χ0v) is 13.6. The first-order chi connectivity index (χ1) is 11.1. The van der Waals surface area contributed by atoms with Gasteiger partial charge in [-0.2, -0.15) is 0 Å². The molecule has 1 aliphatic heterocycles. The largest absolute Gasteiger partial charge is 0.490 e. The summed E-state index contributed by atoms with van der Waals surface area (Å²) in [6, 6.07) is 4.59. The van der Waals surface area contributed by atoms with Gasteiger partial charge in [0.25, 0.3) is 0 Å². The molecule has 0 spiro atoms. The third-order valence-corrected chi connectivity index (χ3v) is 4.61. The van der Waals surface area contributed by atoms with Crippen LogP contribution < -0.4 is 15.4 Å². The Morgan fingerprint density at radius 3 is 2.87 bits per heavy atom. The van der Waals surface area contributed by atoms with Crippen molar-refractivity contribution < 1.29 is 13.9 Å². The van der Waals surface area contributed by atoms with Gasteiger partial charge in [0, 0.05) is 0 Å². The van der Waals surface area contributed by atoms with Gasteiger partial charge in [-0.3, -0.25) is 4.79 Å². The van der Waals surface area contributed by atoms with Crippen molar-refractivity contribution in [3.05, 3.63) is 29.6 Å². The lowest BCUT2D eigenvalue weighted by molar-refractivity contribution is -0.124. The molecule has 23 heavy (non-hydrogen) atoms. The fraction of sp³-hybridized carbons (Fsp3) is 0.611. The summed E-state index contributed by atoms with van der Waals surface area (Å²) in [6.07, 6.45) is 5.41. The summed E-state index contributed by atoms with van der Waals surface area (Å²) < 4.78 is 19.6. The normalized spacial score (nSPS) is 22.4. The molecule has 2 fully saturated rings. The number of nitrogens with one attached hydrogen (secondary N) is 2. The maximum absolute atomic E-state index is 14.1. The van der Waals surface area contributed by atoms with E-state index in [1.54, 1.807) is 6.07 Å². The summed E-state index contributed by atoms with van der Waals surface area (Å²) in [7, 11) is 0. The SMILES string of the molecule is CC(NC(=O)C1CCCCN1)c1ccc(OCC2CC2)c(F)c1. The smallest absolute Gasteiger partial charge is 0.237 e. The zero-order valence-electron chi connectivity index (χ0n) is 13.6. The van der Waals surface area contributed by atoms with Crippen LogP contribution in [0.2, 0.25) is 0 Å². The van der Waals surface area contributed by atoms with Gasteiger partial charge in [-0.15, -0.1) is 0 Å². The van der Waals surface area contributed by atoms with E-state index in [1.807, 2.05) is 13.0 Å². The second kappa shape index (κ2) is 7.30. The number of ether oxygens (including phenoxy) is 1. The van der Waals surface area contributed by atoms with Crippen LogP contribution in [0.3, 0.4) is 0 Å². The number of hydrogen-bond donors (Lipinski definition) is 2. The standard InChI is InChI=1S/C18H25FN2O2/c1-12(21-18(22)16-4-2-3-9-20-16)14-7-8-17(15(19)10-14)23-11-13-5-6-13/h7-8,10,12-13,16,20H,2-6,9,11H2,1H3,(H,21,22). The number of benzene rings is 1. The van der Waals surface area contributed by atoms with Crippen LogP contribution in [-0.4, -0.2) is 25.1 Å². The van der Waals surface area contributed by atoms with Gasteiger partial charge in [-0.1, -0.05) is 12.5 Å². The maximum atomic E-state index is 14.1. The van der Waals surface area contributed by atoms with Gasteiger partial charge in [0.15, 0.2) is 11.6 Å². The predicted molar refractivity (Wildman–Crippen MR) is 86.8 cm³/mol.